The van der Waals surface area contributed by atoms with Gasteiger partial charge in [-0.15, -0.1) is 0 Å². The molecule has 0 spiro atoms. The Labute approximate surface area is 172 Å². The van der Waals surface area contributed by atoms with Gasteiger partial charge in [0.05, 0.1) is 0 Å². The van der Waals surface area contributed by atoms with Crippen molar-refractivity contribution >= 4 is 11.2 Å². The fourth-order valence-electron chi connectivity index (χ4n) is 2.30. The smallest absolute Gasteiger partial charge is 0.247 e. The molecule has 0 bridgehead atoms. The normalized spacial score (nSPS) is 10.2. The molecule has 4 N–H and O–H groups in total. The molecule has 0 amide bonds. The summed E-state index contributed by atoms with van der Waals surface area (Å²) >= 11 is 0. The minimum atomic E-state index is -0.527. The molecule has 0 aliphatic heterocycles. The summed E-state index contributed by atoms with van der Waals surface area (Å²) in [6.07, 6.45) is 4.31. The highest BCUT2D eigenvalue weighted by atomic mass is 19.1. The number of hydrogen-bond donors (Lipinski definition) is 2. The maximum absolute atomic E-state index is 14.0. The van der Waals surface area contributed by atoms with Crippen LogP contribution in [0.3, 0.4) is 0 Å². The van der Waals surface area contributed by atoms with Gasteiger partial charge in [-0.1, -0.05) is 27.7 Å². The van der Waals surface area contributed by atoms with E-state index >= 15 is 0 Å². The molecule has 0 saturated carbocycles. The van der Waals surface area contributed by atoms with Crippen molar-refractivity contribution in [3.8, 4) is 11.6 Å². The molecule has 7 nitrogen and oxygen atoms in total. The molecule has 0 saturated heterocycles. The molecule has 0 radical (unpaired) electrons. The summed E-state index contributed by atoms with van der Waals surface area (Å²) in [4.78, 5) is 6.31. The first-order valence-corrected chi connectivity index (χ1v) is 9.92. The fraction of sp³-hybridized carbons (Fsp3) is 0.429. The Morgan fingerprint density at radius 3 is 2.48 bits per heavy atom. The third kappa shape index (κ3) is 6.99. The lowest BCUT2D eigenvalue weighted by Gasteiger charge is -2.14. The monoisotopic (exact) mass is 404 g/mol. The number of hydrogen-bond acceptors (Lipinski definition) is 6. The van der Waals surface area contributed by atoms with E-state index in [9.17, 15) is 4.39 Å². The highest BCUT2D eigenvalue weighted by molar-refractivity contribution is 5.63. The van der Waals surface area contributed by atoms with E-state index in [1.165, 1.54) is 18.5 Å². The number of rotatable bonds is 6. The van der Waals surface area contributed by atoms with E-state index < -0.39 is 5.82 Å². The predicted molar refractivity (Wildman–Crippen MR) is 117 cm³/mol. The number of nitrogens with zero attached hydrogens (tertiary/aromatic N) is 4. The quantitative estimate of drug-likeness (QED) is 0.601. The van der Waals surface area contributed by atoms with Crippen molar-refractivity contribution in [2.24, 2.45) is 5.73 Å². The second-order valence-electron chi connectivity index (χ2n) is 6.11. The molecule has 3 aromatic rings. The van der Waals surface area contributed by atoms with Gasteiger partial charge in [0.15, 0.2) is 11.6 Å². The maximum atomic E-state index is 14.0. The Bertz CT molecular complexity index is 865. The number of ether oxygens (including phenoxy) is 1. The van der Waals surface area contributed by atoms with Crippen LogP contribution < -0.4 is 16.2 Å². The van der Waals surface area contributed by atoms with Crippen LogP contribution in [0.2, 0.25) is 0 Å². The van der Waals surface area contributed by atoms with Crippen LogP contribution in [-0.4, -0.2) is 39.6 Å². The highest BCUT2D eigenvalue weighted by Crippen LogP contribution is 2.29. The number of anilines is 1. The molecule has 29 heavy (non-hydrogen) atoms. The Balaban J connectivity index is 0.000000627. The molecule has 2 heterocycles. The Hall–Kier alpha value is -2.71. The molecule has 0 atom stereocenters. The lowest BCUT2D eigenvalue weighted by Crippen LogP contribution is -2.16. The topological polar surface area (TPSA) is 94.7 Å². The lowest BCUT2D eigenvalue weighted by molar-refractivity contribution is 0.346. The van der Waals surface area contributed by atoms with Crippen molar-refractivity contribution in [1.82, 2.24) is 19.5 Å². The van der Waals surface area contributed by atoms with Gasteiger partial charge >= 0.3 is 0 Å². The minimum Gasteiger partial charge on any atom is -0.434 e. The van der Waals surface area contributed by atoms with Crippen LogP contribution in [0.5, 0.6) is 11.6 Å². The fourth-order valence-corrected chi connectivity index (χ4v) is 2.30. The molecule has 160 valence electrons. The summed E-state index contributed by atoms with van der Waals surface area (Å²) in [6, 6.07) is 6.25. The van der Waals surface area contributed by atoms with E-state index in [-0.39, 0.29) is 5.75 Å². The molecule has 3 rings (SSSR count). The van der Waals surface area contributed by atoms with Crippen LogP contribution in [0.4, 0.5) is 10.1 Å². The van der Waals surface area contributed by atoms with Gasteiger partial charge in [0, 0.05) is 24.5 Å². The number of nitrogens with two attached hydrogens (primary N) is 2. The summed E-state index contributed by atoms with van der Waals surface area (Å²) in [5, 5.41) is 4.17. The van der Waals surface area contributed by atoms with E-state index in [1.807, 2.05) is 33.2 Å². The number of benzene rings is 1. The Morgan fingerprint density at radius 2 is 1.90 bits per heavy atom. The van der Waals surface area contributed by atoms with Crippen molar-refractivity contribution in [2.75, 3.05) is 25.9 Å². The largest absolute Gasteiger partial charge is 0.434 e. The van der Waals surface area contributed by atoms with Crippen LogP contribution in [0.1, 0.15) is 39.7 Å². The Morgan fingerprint density at radius 1 is 1.21 bits per heavy atom. The van der Waals surface area contributed by atoms with Gasteiger partial charge in [0.25, 0.3) is 0 Å². The molecule has 0 aliphatic rings. The predicted octanol–water partition coefficient (Wildman–Crippen LogP) is 4.08. The van der Waals surface area contributed by atoms with Crippen LogP contribution in [-0.2, 0) is 6.54 Å². The van der Waals surface area contributed by atoms with Gasteiger partial charge in [-0.05, 0) is 50.3 Å². The average molecular weight is 405 g/mol. The summed E-state index contributed by atoms with van der Waals surface area (Å²) in [6.45, 7) is 10.6. The van der Waals surface area contributed by atoms with E-state index in [1.54, 1.807) is 10.6 Å². The van der Waals surface area contributed by atoms with Gasteiger partial charge in [-0.25, -0.2) is 8.91 Å². The van der Waals surface area contributed by atoms with Crippen molar-refractivity contribution in [1.29, 1.82) is 0 Å². The summed E-state index contributed by atoms with van der Waals surface area (Å²) in [5.41, 5.74) is 12.7. The molecule has 0 fully saturated rings. The lowest BCUT2D eigenvalue weighted by atomic mass is 10.2. The standard InChI is InChI=1S/C16H18FN5O.C3H9N.C2H6/c1-3-21(2)9-11-6-7-22-15(11)16(19-10-20-22)23-14-5-4-12(18)8-13(14)17;1-2-3-4;1-2/h4-8,10H,3,9,18H2,1-2H3;2-4H2,1H3;1-2H3. The molecular formula is C21H33FN6O. The first-order valence-electron chi connectivity index (χ1n) is 9.92. The van der Waals surface area contributed by atoms with Gasteiger partial charge in [-0.2, -0.15) is 10.1 Å². The molecule has 0 unspecified atom stereocenters. The third-order valence-corrected chi connectivity index (χ3v) is 3.94. The van der Waals surface area contributed by atoms with Crippen molar-refractivity contribution < 1.29 is 9.13 Å². The van der Waals surface area contributed by atoms with Crippen LogP contribution in [0.25, 0.3) is 5.52 Å². The number of aromatic nitrogens is 3. The van der Waals surface area contributed by atoms with Gasteiger partial charge in [0.2, 0.25) is 5.88 Å². The van der Waals surface area contributed by atoms with Crippen molar-refractivity contribution in [2.45, 2.75) is 40.7 Å². The second-order valence-corrected chi connectivity index (χ2v) is 6.11. The molecule has 1 aromatic carbocycles. The average Bonchev–Trinajstić information content (AvgIpc) is 3.15. The maximum Gasteiger partial charge on any atom is 0.247 e. The molecule has 0 aliphatic carbocycles. The summed E-state index contributed by atoms with van der Waals surface area (Å²) < 4.78 is 21.3. The van der Waals surface area contributed by atoms with Crippen molar-refractivity contribution in [3.05, 3.63) is 48.2 Å². The SMILES string of the molecule is CC.CCCN.CCN(C)Cc1ccn2ncnc(Oc3ccc(N)cc3F)c12. The highest BCUT2D eigenvalue weighted by Gasteiger charge is 2.15. The number of halogens is 1. The number of fused-ring (bicyclic) bond motifs is 1. The van der Waals surface area contributed by atoms with E-state index in [0.717, 1.165) is 37.1 Å². The first-order chi connectivity index (χ1) is 14.0. The number of nitrogen functional groups attached to an aromatic ring is 1. The zero-order valence-electron chi connectivity index (χ0n) is 18.0. The van der Waals surface area contributed by atoms with E-state index in [0.29, 0.717) is 11.6 Å². The van der Waals surface area contributed by atoms with Crippen LogP contribution >= 0.6 is 0 Å². The van der Waals surface area contributed by atoms with E-state index in [2.05, 4.69) is 28.8 Å². The molecule has 8 heteroatoms. The summed E-state index contributed by atoms with van der Waals surface area (Å²) in [5.74, 6) is -0.135. The zero-order valence-corrected chi connectivity index (χ0v) is 18.0. The van der Waals surface area contributed by atoms with Crippen LogP contribution in [0, 0.1) is 5.82 Å². The third-order valence-electron chi connectivity index (χ3n) is 3.94. The second kappa shape index (κ2) is 12.7. The van der Waals surface area contributed by atoms with Gasteiger partial charge in [-0.3, -0.25) is 0 Å². The Kier molecular flexibility index (Phi) is 10.6. The van der Waals surface area contributed by atoms with Crippen molar-refractivity contribution in [3.63, 3.8) is 0 Å². The minimum absolute atomic E-state index is 0.0794. The summed E-state index contributed by atoms with van der Waals surface area (Å²) in [7, 11) is 2.02. The molecule has 2 aromatic heterocycles. The van der Waals surface area contributed by atoms with Crippen LogP contribution in [0.15, 0.2) is 36.8 Å². The molecular weight excluding hydrogens is 371 g/mol. The van der Waals surface area contributed by atoms with E-state index in [4.69, 9.17) is 16.2 Å². The zero-order chi connectivity index (χ0) is 21.8. The first kappa shape index (κ1) is 24.3. The van der Waals surface area contributed by atoms with Gasteiger partial charge < -0.3 is 21.1 Å². The van der Waals surface area contributed by atoms with Gasteiger partial charge in [0.1, 0.15) is 11.8 Å².